The molecule has 9 heteroatoms. The molecule has 2 amide bonds. The molecule has 0 saturated carbocycles. The first-order valence-corrected chi connectivity index (χ1v) is 7.65. The summed E-state index contributed by atoms with van der Waals surface area (Å²) in [6.45, 7) is 0.673. The van der Waals surface area contributed by atoms with Crippen molar-refractivity contribution in [2.75, 3.05) is 0 Å². The highest BCUT2D eigenvalue weighted by molar-refractivity contribution is 5.97. The molecule has 0 bridgehead atoms. The van der Waals surface area contributed by atoms with Gasteiger partial charge in [0.05, 0.1) is 11.8 Å². The summed E-state index contributed by atoms with van der Waals surface area (Å²) >= 11 is 0. The third-order valence-corrected chi connectivity index (χ3v) is 3.69. The number of alkyl halides is 2. The quantitative estimate of drug-likeness (QED) is 0.356. The summed E-state index contributed by atoms with van der Waals surface area (Å²) in [4.78, 5) is 23.8. The summed E-state index contributed by atoms with van der Waals surface area (Å²) in [6.07, 6.45) is -0.401. The Morgan fingerprint density at radius 2 is 1.78 bits per heavy atom. The molecule has 0 aliphatic heterocycles. The van der Waals surface area contributed by atoms with Gasteiger partial charge in [0.25, 0.3) is 18.2 Å². The molecule has 0 aliphatic carbocycles. The van der Waals surface area contributed by atoms with E-state index in [1.54, 1.807) is 6.07 Å². The van der Waals surface area contributed by atoms with Crippen LogP contribution in [0.15, 0.2) is 47.3 Å². The summed E-state index contributed by atoms with van der Waals surface area (Å²) in [5.74, 6) is 3.41. The standard InChI is InChI=1S/C18H16F2N2O5/c1-18(25,17(19)20)14(16(24)22-26)21-15(23)13-6-4-11(5-7-13)2-3-12-8-9-27-10-12/h4-10,14,17,25-26H,1H3,(H,21,23)(H,22,24)/t14-,18?/m1/s1. The first-order valence-electron chi connectivity index (χ1n) is 7.65. The van der Waals surface area contributed by atoms with Crippen LogP contribution in [0.25, 0.3) is 0 Å². The molecule has 1 aromatic carbocycles. The number of carbonyl (C=O) groups excluding carboxylic acids is 2. The Bertz CT molecular complexity index is 852. The molecule has 0 aliphatic rings. The van der Waals surface area contributed by atoms with E-state index < -0.39 is 29.9 Å². The van der Waals surface area contributed by atoms with Crippen LogP contribution in [0.5, 0.6) is 0 Å². The molecule has 0 radical (unpaired) electrons. The lowest BCUT2D eigenvalue weighted by molar-refractivity contribution is -0.149. The molecule has 0 spiro atoms. The third-order valence-electron chi connectivity index (χ3n) is 3.69. The number of halogens is 2. The zero-order valence-electron chi connectivity index (χ0n) is 14.1. The Labute approximate surface area is 152 Å². The predicted molar refractivity (Wildman–Crippen MR) is 88.9 cm³/mol. The minimum Gasteiger partial charge on any atom is -0.471 e. The predicted octanol–water partition coefficient (Wildman–Crippen LogP) is 1.30. The van der Waals surface area contributed by atoms with Gasteiger partial charge < -0.3 is 14.8 Å². The number of amides is 2. The topological polar surface area (TPSA) is 112 Å². The molecule has 1 aromatic heterocycles. The van der Waals surface area contributed by atoms with Crippen molar-refractivity contribution in [1.29, 1.82) is 0 Å². The third kappa shape index (κ3) is 4.91. The average Bonchev–Trinajstić information content (AvgIpc) is 3.17. The molecule has 0 fully saturated rings. The van der Waals surface area contributed by atoms with E-state index in [0.717, 1.165) is 5.48 Å². The van der Waals surface area contributed by atoms with Gasteiger partial charge >= 0.3 is 0 Å². The number of hydrogen-bond donors (Lipinski definition) is 4. The molecule has 142 valence electrons. The van der Waals surface area contributed by atoms with E-state index in [9.17, 15) is 23.5 Å². The molecule has 1 heterocycles. The molecule has 2 rings (SSSR count). The monoisotopic (exact) mass is 378 g/mol. The van der Waals surface area contributed by atoms with Crippen LogP contribution in [-0.4, -0.2) is 40.2 Å². The first-order chi connectivity index (χ1) is 12.8. The summed E-state index contributed by atoms with van der Waals surface area (Å²) in [6, 6.07) is 5.40. The number of hydroxylamine groups is 1. The zero-order chi connectivity index (χ0) is 20.0. The van der Waals surface area contributed by atoms with Crippen LogP contribution in [0.3, 0.4) is 0 Å². The van der Waals surface area contributed by atoms with Crippen molar-refractivity contribution >= 4 is 11.8 Å². The normalized spacial score (nSPS) is 13.9. The molecular weight excluding hydrogens is 362 g/mol. The Balaban J connectivity index is 2.15. The number of carbonyl (C=O) groups is 2. The van der Waals surface area contributed by atoms with E-state index in [-0.39, 0.29) is 5.56 Å². The summed E-state index contributed by atoms with van der Waals surface area (Å²) in [5.41, 5.74) is -0.444. The second kappa shape index (κ2) is 8.44. The highest BCUT2D eigenvalue weighted by Crippen LogP contribution is 2.20. The zero-order valence-corrected chi connectivity index (χ0v) is 14.1. The maximum Gasteiger partial charge on any atom is 0.269 e. The van der Waals surface area contributed by atoms with Crippen molar-refractivity contribution in [3.63, 3.8) is 0 Å². The van der Waals surface area contributed by atoms with E-state index in [0.29, 0.717) is 18.1 Å². The van der Waals surface area contributed by atoms with Gasteiger partial charge in [-0.1, -0.05) is 11.8 Å². The van der Waals surface area contributed by atoms with Crippen LogP contribution < -0.4 is 10.8 Å². The number of furan rings is 1. The number of nitrogens with one attached hydrogen (secondary N) is 2. The molecule has 27 heavy (non-hydrogen) atoms. The minimum atomic E-state index is -3.35. The van der Waals surface area contributed by atoms with Crippen molar-refractivity contribution < 1.29 is 33.1 Å². The van der Waals surface area contributed by atoms with Crippen molar-refractivity contribution in [3.05, 3.63) is 59.5 Å². The van der Waals surface area contributed by atoms with Gasteiger partial charge in [0, 0.05) is 11.1 Å². The first kappa shape index (κ1) is 20.1. The number of rotatable bonds is 5. The Morgan fingerprint density at radius 3 is 2.30 bits per heavy atom. The van der Waals surface area contributed by atoms with Crippen LogP contribution in [0.4, 0.5) is 8.78 Å². The van der Waals surface area contributed by atoms with Gasteiger partial charge in [-0.2, -0.15) is 0 Å². The van der Waals surface area contributed by atoms with Crippen molar-refractivity contribution in [3.8, 4) is 11.8 Å². The highest BCUT2D eigenvalue weighted by atomic mass is 19.3. The maximum atomic E-state index is 13.0. The average molecular weight is 378 g/mol. The molecule has 1 unspecified atom stereocenters. The van der Waals surface area contributed by atoms with Crippen molar-refractivity contribution in [2.24, 2.45) is 0 Å². The Morgan fingerprint density at radius 1 is 1.15 bits per heavy atom. The molecule has 7 nitrogen and oxygen atoms in total. The molecule has 0 saturated heterocycles. The number of hydrogen-bond acceptors (Lipinski definition) is 5. The fraction of sp³-hybridized carbons (Fsp3) is 0.222. The van der Waals surface area contributed by atoms with Gasteiger partial charge in [-0.15, -0.1) is 0 Å². The summed E-state index contributed by atoms with van der Waals surface area (Å²) in [7, 11) is 0. The lowest BCUT2D eigenvalue weighted by Gasteiger charge is -2.30. The van der Waals surface area contributed by atoms with Crippen molar-refractivity contribution in [2.45, 2.75) is 25.0 Å². The van der Waals surface area contributed by atoms with E-state index >= 15 is 0 Å². The largest absolute Gasteiger partial charge is 0.471 e. The Kier molecular flexibility index (Phi) is 6.28. The summed E-state index contributed by atoms with van der Waals surface area (Å²) < 4.78 is 30.8. The van der Waals surface area contributed by atoms with E-state index in [1.165, 1.54) is 36.8 Å². The van der Waals surface area contributed by atoms with Gasteiger partial charge in [-0.05, 0) is 37.3 Å². The lowest BCUT2D eigenvalue weighted by Crippen LogP contribution is -2.61. The summed E-state index contributed by atoms with van der Waals surface area (Å²) in [5, 5.41) is 20.5. The van der Waals surface area contributed by atoms with E-state index in [1.807, 2.05) is 5.32 Å². The maximum absolute atomic E-state index is 13.0. The van der Waals surface area contributed by atoms with Crippen LogP contribution in [0.2, 0.25) is 0 Å². The second-order valence-electron chi connectivity index (χ2n) is 5.75. The van der Waals surface area contributed by atoms with Crippen LogP contribution in [0, 0.1) is 11.8 Å². The molecule has 2 aromatic rings. The van der Waals surface area contributed by atoms with E-state index in [4.69, 9.17) is 9.62 Å². The fourth-order valence-corrected chi connectivity index (χ4v) is 2.07. The highest BCUT2D eigenvalue weighted by Gasteiger charge is 2.46. The smallest absolute Gasteiger partial charge is 0.269 e. The minimum absolute atomic E-state index is 0.0460. The van der Waals surface area contributed by atoms with Crippen LogP contribution in [0.1, 0.15) is 28.4 Å². The van der Waals surface area contributed by atoms with Gasteiger partial charge in [0.15, 0.2) is 5.60 Å². The second-order valence-corrected chi connectivity index (χ2v) is 5.75. The molecule has 2 atom stereocenters. The fourth-order valence-electron chi connectivity index (χ4n) is 2.07. The van der Waals surface area contributed by atoms with Gasteiger partial charge in [-0.3, -0.25) is 14.8 Å². The van der Waals surface area contributed by atoms with E-state index in [2.05, 4.69) is 11.8 Å². The van der Waals surface area contributed by atoms with Crippen molar-refractivity contribution in [1.82, 2.24) is 10.8 Å². The number of benzene rings is 1. The van der Waals surface area contributed by atoms with Gasteiger partial charge in [0.2, 0.25) is 0 Å². The van der Waals surface area contributed by atoms with Crippen LogP contribution in [-0.2, 0) is 4.79 Å². The van der Waals surface area contributed by atoms with Gasteiger partial charge in [0.1, 0.15) is 12.3 Å². The van der Waals surface area contributed by atoms with Gasteiger partial charge in [-0.25, -0.2) is 14.3 Å². The molecule has 4 N–H and O–H groups in total. The molecular formula is C18H16F2N2O5. The lowest BCUT2D eigenvalue weighted by atomic mass is 9.95. The number of aliphatic hydroxyl groups is 1. The SMILES string of the molecule is CC(O)(C(F)F)[C@H](NC(=O)c1ccc(C#Cc2ccoc2)cc1)C(=O)NO. The Hall–Kier alpha value is -3.22. The van der Waals surface area contributed by atoms with Crippen LogP contribution >= 0.6 is 0 Å².